The molecule has 0 spiro atoms. The smallest absolute Gasteiger partial charge is 0.407 e. The molecule has 2 amide bonds. The van der Waals surface area contributed by atoms with Gasteiger partial charge in [-0.2, -0.15) is 0 Å². The topological polar surface area (TPSA) is 85.9 Å². The fraction of sp³-hybridized carbons (Fsp3) is 0.857. The molecule has 7 nitrogen and oxygen atoms in total. The number of rotatable bonds is 11. The summed E-state index contributed by atoms with van der Waals surface area (Å²) >= 11 is 0. The fourth-order valence-corrected chi connectivity index (χ4v) is 1.37. The molecule has 0 bridgehead atoms. The lowest BCUT2D eigenvalue weighted by Crippen LogP contribution is -2.36. The number of hydrogen-bond donors (Lipinski definition) is 2. The van der Waals surface area contributed by atoms with E-state index >= 15 is 0 Å². The summed E-state index contributed by atoms with van der Waals surface area (Å²) < 4.78 is 15.4. The maximum Gasteiger partial charge on any atom is 0.407 e. The lowest BCUT2D eigenvalue weighted by atomic mass is 10.3. The Morgan fingerprint density at radius 2 is 1.67 bits per heavy atom. The number of alkyl carbamates (subject to hydrolysis) is 2. The van der Waals surface area contributed by atoms with E-state index in [2.05, 4.69) is 10.6 Å². The summed E-state index contributed by atoms with van der Waals surface area (Å²) in [5.41, 5.74) is 0. The third-order valence-electron chi connectivity index (χ3n) is 2.50. The lowest BCUT2D eigenvalue weighted by Gasteiger charge is -2.18. The van der Waals surface area contributed by atoms with E-state index < -0.39 is 18.3 Å². The second-order valence-corrected chi connectivity index (χ2v) is 4.49. The van der Waals surface area contributed by atoms with Gasteiger partial charge in [0.15, 0.2) is 6.10 Å². The van der Waals surface area contributed by atoms with Crippen LogP contribution in [0.1, 0.15) is 40.0 Å². The predicted octanol–water partition coefficient (Wildman–Crippen LogP) is 2.05. The van der Waals surface area contributed by atoms with Crippen LogP contribution in [0, 0.1) is 0 Å². The van der Waals surface area contributed by atoms with Crippen molar-refractivity contribution in [2.24, 2.45) is 0 Å². The molecule has 21 heavy (non-hydrogen) atoms. The molecule has 0 saturated heterocycles. The van der Waals surface area contributed by atoms with Crippen molar-refractivity contribution >= 4 is 12.2 Å². The van der Waals surface area contributed by atoms with Crippen molar-refractivity contribution in [3.63, 3.8) is 0 Å². The van der Waals surface area contributed by atoms with Gasteiger partial charge in [-0.05, 0) is 19.8 Å². The number of unbranched alkanes of at least 4 members (excludes halogenated alkanes) is 1. The largest absolute Gasteiger partial charge is 0.446 e. The van der Waals surface area contributed by atoms with Gasteiger partial charge in [-0.3, -0.25) is 0 Å². The van der Waals surface area contributed by atoms with Crippen molar-refractivity contribution in [1.29, 1.82) is 0 Å². The number of hydrogen-bond acceptors (Lipinski definition) is 5. The van der Waals surface area contributed by atoms with Gasteiger partial charge < -0.3 is 24.8 Å². The van der Waals surface area contributed by atoms with Crippen LogP contribution in [0.3, 0.4) is 0 Å². The van der Waals surface area contributed by atoms with Gasteiger partial charge in [0, 0.05) is 19.7 Å². The molecule has 0 fully saturated rings. The number of nitrogens with one attached hydrogen (secondary N) is 2. The zero-order valence-electron chi connectivity index (χ0n) is 13.3. The summed E-state index contributed by atoms with van der Waals surface area (Å²) in [5, 5.41) is 5.22. The second-order valence-electron chi connectivity index (χ2n) is 4.49. The molecule has 1 unspecified atom stereocenters. The molecular formula is C14H28N2O5. The van der Waals surface area contributed by atoms with Gasteiger partial charge in [-0.25, -0.2) is 9.59 Å². The van der Waals surface area contributed by atoms with Gasteiger partial charge in [0.1, 0.15) is 6.61 Å². The molecule has 0 aromatic carbocycles. The van der Waals surface area contributed by atoms with E-state index in [9.17, 15) is 9.59 Å². The van der Waals surface area contributed by atoms with Crippen molar-refractivity contribution in [2.45, 2.75) is 46.1 Å². The highest BCUT2D eigenvalue weighted by atomic mass is 16.6. The van der Waals surface area contributed by atoms with E-state index in [0.717, 1.165) is 19.3 Å². The minimum absolute atomic E-state index is 0.0303. The average molecular weight is 304 g/mol. The highest BCUT2D eigenvalue weighted by Gasteiger charge is 2.16. The molecule has 7 heteroatoms. The maximum absolute atomic E-state index is 11.5. The van der Waals surface area contributed by atoms with Crippen LogP contribution in [-0.2, 0) is 14.2 Å². The van der Waals surface area contributed by atoms with Crippen molar-refractivity contribution in [3.8, 4) is 0 Å². The summed E-state index contributed by atoms with van der Waals surface area (Å²) in [5.74, 6) is 0. The second kappa shape index (κ2) is 13.5. The normalized spacial score (nSPS) is 11.6. The highest BCUT2D eigenvalue weighted by Crippen LogP contribution is 1.97. The van der Waals surface area contributed by atoms with Crippen LogP contribution in [0.15, 0.2) is 0 Å². The van der Waals surface area contributed by atoms with Gasteiger partial charge >= 0.3 is 12.2 Å². The van der Waals surface area contributed by atoms with E-state index in [1.807, 2.05) is 20.8 Å². The number of carbonyl (C=O) groups excluding carboxylic acids is 2. The van der Waals surface area contributed by atoms with E-state index in [0.29, 0.717) is 19.7 Å². The van der Waals surface area contributed by atoms with Crippen LogP contribution in [0.25, 0.3) is 0 Å². The molecule has 0 aliphatic carbocycles. The summed E-state index contributed by atoms with van der Waals surface area (Å²) in [6.07, 6.45) is 1.06. The van der Waals surface area contributed by atoms with Crippen molar-refractivity contribution in [2.75, 3.05) is 32.9 Å². The Labute approximate surface area is 126 Å². The van der Waals surface area contributed by atoms with Gasteiger partial charge in [0.25, 0.3) is 0 Å². The highest BCUT2D eigenvalue weighted by molar-refractivity contribution is 5.68. The number of amides is 2. The lowest BCUT2D eigenvalue weighted by molar-refractivity contribution is -0.00878. The quantitative estimate of drug-likeness (QED) is 0.571. The van der Waals surface area contributed by atoms with Crippen molar-refractivity contribution < 1.29 is 23.8 Å². The first-order valence-electron chi connectivity index (χ1n) is 7.56. The Kier molecular flexibility index (Phi) is 12.5. The SMILES string of the molecule is CCCCNC(=O)OCC(COCC)OC(=O)NCCC. The molecule has 0 aromatic rings. The van der Waals surface area contributed by atoms with Crippen LogP contribution in [0.2, 0.25) is 0 Å². The molecule has 0 heterocycles. The van der Waals surface area contributed by atoms with Gasteiger partial charge in [0.05, 0.1) is 6.61 Å². The average Bonchev–Trinajstić information content (AvgIpc) is 2.48. The van der Waals surface area contributed by atoms with E-state index in [1.54, 1.807) is 0 Å². The van der Waals surface area contributed by atoms with Gasteiger partial charge in [-0.15, -0.1) is 0 Å². The molecule has 0 radical (unpaired) electrons. The summed E-state index contributed by atoms with van der Waals surface area (Å²) in [6, 6.07) is 0. The molecular weight excluding hydrogens is 276 g/mol. The first kappa shape index (κ1) is 19.5. The summed E-state index contributed by atoms with van der Waals surface area (Å²) in [7, 11) is 0. The third-order valence-corrected chi connectivity index (χ3v) is 2.50. The third kappa shape index (κ3) is 12.0. The number of carbonyl (C=O) groups is 2. The molecule has 124 valence electrons. The molecule has 0 rings (SSSR count). The van der Waals surface area contributed by atoms with Crippen LogP contribution >= 0.6 is 0 Å². The fourth-order valence-electron chi connectivity index (χ4n) is 1.37. The molecule has 0 aliphatic heterocycles. The Bertz CT molecular complexity index is 287. The molecule has 1 atom stereocenters. The van der Waals surface area contributed by atoms with Crippen LogP contribution < -0.4 is 10.6 Å². The minimum Gasteiger partial charge on any atom is -0.446 e. The number of ether oxygens (including phenoxy) is 3. The standard InChI is InChI=1S/C14H28N2O5/c1-4-7-9-16-13(17)20-11-12(10-19-6-3)21-14(18)15-8-5-2/h12H,4-11H2,1-3H3,(H,15,18)(H,16,17). The van der Waals surface area contributed by atoms with Crippen LogP contribution in [-0.4, -0.2) is 51.2 Å². The molecule has 0 aromatic heterocycles. The predicted molar refractivity (Wildman–Crippen MR) is 79.3 cm³/mol. The molecule has 2 N–H and O–H groups in total. The monoisotopic (exact) mass is 304 g/mol. The van der Waals surface area contributed by atoms with Crippen LogP contribution in [0.4, 0.5) is 9.59 Å². The van der Waals surface area contributed by atoms with E-state index in [-0.39, 0.29) is 13.2 Å². The van der Waals surface area contributed by atoms with Gasteiger partial charge in [0.2, 0.25) is 0 Å². The Morgan fingerprint density at radius 3 is 2.29 bits per heavy atom. The van der Waals surface area contributed by atoms with Crippen LogP contribution in [0.5, 0.6) is 0 Å². The van der Waals surface area contributed by atoms with Gasteiger partial charge in [-0.1, -0.05) is 20.3 Å². The summed E-state index contributed by atoms with van der Waals surface area (Å²) in [6.45, 7) is 7.60. The zero-order chi connectivity index (χ0) is 15.9. The first-order chi connectivity index (χ1) is 10.1. The van der Waals surface area contributed by atoms with E-state index in [4.69, 9.17) is 14.2 Å². The Balaban J connectivity index is 4.04. The van der Waals surface area contributed by atoms with E-state index in [1.165, 1.54) is 0 Å². The van der Waals surface area contributed by atoms with Crippen molar-refractivity contribution in [1.82, 2.24) is 10.6 Å². The van der Waals surface area contributed by atoms with Crippen molar-refractivity contribution in [3.05, 3.63) is 0 Å². The maximum atomic E-state index is 11.5. The zero-order valence-corrected chi connectivity index (χ0v) is 13.3. The Hall–Kier alpha value is -1.50. The molecule has 0 saturated carbocycles. The molecule has 0 aliphatic rings. The Morgan fingerprint density at radius 1 is 0.952 bits per heavy atom. The summed E-state index contributed by atoms with van der Waals surface area (Å²) in [4.78, 5) is 22.9. The first-order valence-corrected chi connectivity index (χ1v) is 7.56. The minimum atomic E-state index is -0.612.